The number of hydrogen-bond donors (Lipinski definition) is 2. The van der Waals surface area contributed by atoms with Gasteiger partial charge >= 0.3 is 5.97 Å². The highest BCUT2D eigenvalue weighted by molar-refractivity contribution is 6.14. The minimum Gasteiger partial charge on any atom is -0.468 e. The van der Waals surface area contributed by atoms with Gasteiger partial charge in [-0.15, -0.1) is 0 Å². The number of anilines is 1. The fraction of sp³-hybridized carbons (Fsp3) is 0.176. The largest absolute Gasteiger partial charge is 0.468 e. The molecule has 114 valence electrons. The quantitative estimate of drug-likeness (QED) is 0.658. The molecule has 0 saturated carbocycles. The van der Waals surface area contributed by atoms with Crippen molar-refractivity contribution >= 4 is 17.4 Å². The molecular weight excluding hydrogens is 283 g/mol. The summed E-state index contributed by atoms with van der Waals surface area (Å²) < 4.78 is 18.0. The van der Waals surface area contributed by atoms with Gasteiger partial charge in [0.1, 0.15) is 12.4 Å². The number of hydrogen-bond acceptors (Lipinski definition) is 4. The third-order valence-electron chi connectivity index (χ3n) is 3.32. The molecule has 0 fully saturated rings. The van der Waals surface area contributed by atoms with Gasteiger partial charge in [0, 0.05) is 16.8 Å². The number of carbonyl (C=O) groups excluding carboxylic acids is 1. The first kappa shape index (κ1) is 15.7. The number of halogens is 1. The summed E-state index contributed by atoms with van der Waals surface area (Å²) in [6.45, 7) is 1.83. The normalized spacial score (nSPS) is 10.1. The summed E-state index contributed by atoms with van der Waals surface area (Å²) in [5.74, 6) is -0.784. The Hall–Kier alpha value is -2.69. The van der Waals surface area contributed by atoms with Gasteiger partial charge in [-0.25, -0.2) is 4.39 Å². The van der Waals surface area contributed by atoms with Crippen LogP contribution in [0.15, 0.2) is 42.5 Å². The molecule has 2 aromatic rings. The van der Waals surface area contributed by atoms with Crippen molar-refractivity contribution in [1.29, 1.82) is 5.41 Å². The molecule has 4 nitrogen and oxygen atoms in total. The Morgan fingerprint density at radius 2 is 1.95 bits per heavy atom. The van der Waals surface area contributed by atoms with Crippen molar-refractivity contribution in [2.45, 2.75) is 6.92 Å². The number of carbonyl (C=O) groups is 1. The van der Waals surface area contributed by atoms with Gasteiger partial charge in [0.15, 0.2) is 0 Å². The van der Waals surface area contributed by atoms with Crippen LogP contribution in [0.1, 0.15) is 16.7 Å². The Labute approximate surface area is 128 Å². The van der Waals surface area contributed by atoms with Crippen molar-refractivity contribution in [2.24, 2.45) is 0 Å². The molecule has 0 bridgehead atoms. The number of nitrogens with one attached hydrogen (secondary N) is 2. The zero-order chi connectivity index (χ0) is 16.1. The summed E-state index contributed by atoms with van der Waals surface area (Å²) in [7, 11) is 1.31. The molecule has 0 aromatic heterocycles. The zero-order valence-corrected chi connectivity index (χ0v) is 12.4. The van der Waals surface area contributed by atoms with E-state index in [1.807, 2.05) is 6.92 Å². The van der Waals surface area contributed by atoms with Crippen LogP contribution in [0.5, 0.6) is 0 Å². The summed E-state index contributed by atoms with van der Waals surface area (Å²) in [5, 5.41) is 11.3. The van der Waals surface area contributed by atoms with E-state index in [4.69, 9.17) is 5.41 Å². The van der Waals surface area contributed by atoms with Crippen molar-refractivity contribution in [2.75, 3.05) is 19.0 Å². The van der Waals surface area contributed by atoms with E-state index in [2.05, 4.69) is 10.1 Å². The van der Waals surface area contributed by atoms with Crippen LogP contribution < -0.4 is 5.32 Å². The fourth-order valence-corrected chi connectivity index (χ4v) is 2.10. The Bertz CT molecular complexity index is 714. The highest BCUT2D eigenvalue weighted by atomic mass is 19.1. The van der Waals surface area contributed by atoms with Gasteiger partial charge in [-0.1, -0.05) is 24.3 Å². The maximum Gasteiger partial charge on any atom is 0.325 e. The van der Waals surface area contributed by atoms with Crippen LogP contribution >= 0.6 is 0 Å². The van der Waals surface area contributed by atoms with E-state index in [-0.39, 0.29) is 18.1 Å². The Morgan fingerprint density at radius 1 is 1.23 bits per heavy atom. The summed E-state index contributed by atoms with van der Waals surface area (Å²) in [6, 6.07) is 11.5. The van der Waals surface area contributed by atoms with E-state index in [1.165, 1.54) is 19.2 Å². The molecule has 22 heavy (non-hydrogen) atoms. The van der Waals surface area contributed by atoms with Crippen molar-refractivity contribution in [3.63, 3.8) is 0 Å². The van der Waals surface area contributed by atoms with Crippen molar-refractivity contribution < 1.29 is 13.9 Å². The molecular formula is C17H17FN2O2. The van der Waals surface area contributed by atoms with Crippen LogP contribution in [0.2, 0.25) is 0 Å². The van der Waals surface area contributed by atoms with Crippen LogP contribution in [0.4, 0.5) is 10.1 Å². The molecule has 0 saturated heterocycles. The Kier molecular flexibility index (Phi) is 4.88. The van der Waals surface area contributed by atoms with Gasteiger partial charge in [0.2, 0.25) is 0 Å². The van der Waals surface area contributed by atoms with Crippen LogP contribution in [-0.4, -0.2) is 25.3 Å². The first-order valence-electron chi connectivity index (χ1n) is 6.78. The Balaban J connectivity index is 2.33. The first-order chi connectivity index (χ1) is 10.5. The molecule has 2 N–H and O–H groups in total. The molecule has 0 spiro atoms. The average Bonchev–Trinajstić information content (AvgIpc) is 2.54. The van der Waals surface area contributed by atoms with E-state index in [0.717, 1.165) is 5.56 Å². The number of para-hydroxylation sites is 1. The number of aryl methyl sites for hydroxylation is 1. The van der Waals surface area contributed by atoms with E-state index in [0.29, 0.717) is 16.8 Å². The minimum atomic E-state index is -0.400. The van der Waals surface area contributed by atoms with Gasteiger partial charge in [0.05, 0.1) is 12.8 Å². The lowest BCUT2D eigenvalue weighted by Crippen LogP contribution is -2.17. The molecule has 0 aliphatic heterocycles. The second kappa shape index (κ2) is 6.85. The lowest BCUT2D eigenvalue weighted by atomic mass is 9.97. The van der Waals surface area contributed by atoms with Gasteiger partial charge in [0.25, 0.3) is 0 Å². The number of benzene rings is 2. The van der Waals surface area contributed by atoms with Crippen LogP contribution in [0, 0.1) is 18.2 Å². The highest BCUT2D eigenvalue weighted by Crippen LogP contribution is 2.21. The molecule has 0 aliphatic rings. The molecule has 2 rings (SSSR count). The second-order valence-corrected chi connectivity index (χ2v) is 4.81. The summed E-state index contributed by atoms with van der Waals surface area (Å²) in [5.41, 5.74) is 2.76. The molecule has 0 aliphatic carbocycles. The molecule has 0 radical (unpaired) electrons. The molecule has 2 aromatic carbocycles. The lowest BCUT2D eigenvalue weighted by Gasteiger charge is -2.14. The molecule has 0 heterocycles. The topological polar surface area (TPSA) is 62.2 Å². The van der Waals surface area contributed by atoms with Gasteiger partial charge < -0.3 is 10.1 Å². The summed E-state index contributed by atoms with van der Waals surface area (Å²) in [6.07, 6.45) is 0. The predicted octanol–water partition coefficient (Wildman–Crippen LogP) is 3.14. The summed E-state index contributed by atoms with van der Waals surface area (Å²) >= 11 is 0. The van der Waals surface area contributed by atoms with E-state index in [1.54, 1.807) is 30.3 Å². The van der Waals surface area contributed by atoms with Crippen LogP contribution in [-0.2, 0) is 9.53 Å². The van der Waals surface area contributed by atoms with Gasteiger partial charge in [-0.3, -0.25) is 10.2 Å². The lowest BCUT2D eigenvalue weighted by molar-refractivity contribution is -0.138. The number of methoxy groups -OCH3 is 1. The maximum absolute atomic E-state index is 13.5. The number of ether oxygens (including phenoxy) is 1. The monoisotopic (exact) mass is 300 g/mol. The van der Waals surface area contributed by atoms with Crippen molar-refractivity contribution in [3.05, 3.63) is 65.0 Å². The fourth-order valence-electron chi connectivity index (χ4n) is 2.10. The maximum atomic E-state index is 13.5. The predicted molar refractivity (Wildman–Crippen MR) is 84.0 cm³/mol. The van der Waals surface area contributed by atoms with Crippen molar-refractivity contribution in [1.82, 2.24) is 0 Å². The molecule has 0 amide bonds. The van der Waals surface area contributed by atoms with Gasteiger partial charge in [-0.2, -0.15) is 0 Å². The van der Waals surface area contributed by atoms with E-state index >= 15 is 0 Å². The standard InChI is InChI=1S/C17H17FN2O2/c1-11-7-8-12(18)9-14(11)17(19)13-5-3-4-6-15(13)20-10-16(21)22-2/h3-9,19-20H,10H2,1-2H3. The average molecular weight is 300 g/mol. The molecule has 0 atom stereocenters. The minimum absolute atomic E-state index is 0.00290. The number of rotatable bonds is 5. The molecule has 5 heteroatoms. The summed E-state index contributed by atoms with van der Waals surface area (Å²) in [4.78, 5) is 11.2. The SMILES string of the molecule is COC(=O)CNc1ccccc1C(=N)c1cc(F)ccc1C. The van der Waals surface area contributed by atoms with Crippen molar-refractivity contribution in [3.8, 4) is 0 Å². The Morgan fingerprint density at radius 3 is 2.68 bits per heavy atom. The third kappa shape index (κ3) is 3.49. The van der Waals surface area contributed by atoms with Crippen LogP contribution in [0.3, 0.4) is 0 Å². The van der Waals surface area contributed by atoms with E-state index in [9.17, 15) is 9.18 Å². The zero-order valence-electron chi connectivity index (χ0n) is 12.4. The third-order valence-corrected chi connectivity index (χ3v) is 3.32. The first-order valence-corrected chi connectivity index (χ1v) is 6.78. The second-order valence-electron chi connectivity index (χ2n) is 4.81. The van der Waals surface area contributed by atoms with E-state index < -0.39 is 5.97 Å². The number of esters is 1. The van der Waals surface area contributed by atoms with Crippen LogP contribution in [0.25, 0.3) is 0 Å². The van der Waals surface area contributed by atoms with Gasteiger partial charge in [-0.05, 0) is 30.7 Å². The highest BCUT2D eigenvalue weighted by Gasteiger charge is 2.13. The molecule has 0 unspecified atom stereocenters. The smallest absolute Gasteiger partial charge is 0.325 e.